The van der Waals surface area contributed by atoms with Crippen molar-refractivity contribution in [2.24, 2.45) is 0 Å². The van der Waals surface area contributed by atoms with E-state index in [0.29, 0.717) is 0 Å². The number of thiophene rings is 1. The van der Waals surface area contributed by atoms with Gasteiger partial charge >= 0.3 is 6.85 Å². The number of fused-ring (bicyclic) bond motifs is 17. The highest BCUT2D eigenvalue weighted by Gasteiger charge is 2.51. The van der Waals surface area contributed by atoms with Crippen LogP contribution in [0.15, 0.2) is 115 Å². The summed E-state index contributed by atoms with van der Waals surface area (Å²) in [5.74, 6) is 0. The highest BCUT2D eigenvalue weighted by atomic mass is 32.1. The van der Waals surface area contributed by atoms with E-state index < -0.39 is 0 Å². The molecule has 2 aliphatic carbocycles. The quantitative estimate of drug-likeness (QED) is 0.149. The molecule has 0 fully saturated rings. The lowest BCUT2D eigenvalue weighted by atomic mass is 9.43. The number of anilines is 2. The minimum atomic E-state index is -0.243. The summed E-state index contributed by atoms with van der Waals surface area (Å²) in [4.78, 5) is 2.76. The van der Waals surface area contributed by atoms with Gasteiger partial charge in [-0.1, -0.05) is 150 Å². The van der Waals surface area contributed by atoms with Gasteiger partial charge in [0.05, 0.1) is 11.0 Å². The van der Waals surface area contributed by atoms with Crippen LogP contribution in [0, 0.1) is 0 Å². The van der Waals surface area contributed by atoms with Crippen LogP contribution >= 0.6 is 11.3 Å². The van der Waals surface area contributed by atoms with Crippen LogP contribution in [0.2, 0.25) is 0 Å². The largest absolute Gasteiger partial charge is 0.376 e. The molecule has 4 aliphatic rings. The first kappa shape index (κ1) is 39.8. The molecule has 9 aromatic rings. The summed E-state index contributed by atoms with van der Waals surface area (Å²) < 4.78 is 5.43. The molecule has 2 aliphatic heterocycles. The first-order chi connectivity index (χ1) is 30.8. The summed E-state index contributed by atoms with van der Waals surface area (Å²) >= 11 is 1.93. The second kappa shape index (κ2) is 12.4. The summed E-state index contributed by atoms with van der Waals surface area (Å²) in [6.07, 6.45) is 2.37. The maximum absolute atomic E-state index is 2.76. The monoisotopic (exact) mass is 862 g/mol. The van der Waals surface area contributed by atoms with Gasteiger partial charge < -0.3 is 9.38 Å². The molecule has 65 heavy (non-hydrogen) atoms. The van der Waals surface area contributed by atoms with Crippen molar-refractivity contribution in [3.63, 3.8) is 0 Å². The third kappa shape index (κ3) is 5.13. The Morgan fingerprint density at radius 2 is 1.22 bits per heavy atom. The predicted octanol–water partition coefficient (Wildman–Crippen LogP) is 15.6. The van der Waals surface area contributed by atoms with Crippen LogP contribution in [-0.2, 0) is 27.1 Å². The van der Waals surface area contributed by atoms with Crippen molar-refractivity contribution >= 4 is 82.5 Å². The van der Waals surface area contributed by atoms with Crippen LogP contribution in [0.3, 0.4) is 0 Å². The Morgan fingerprint density at radius 3 is 1.94 bits per heavy atom. The van der Waals surface area contributed by atoms with Gasteiger partial charge in [-0.3, -0.25) is 0 Å². The second-order valence-corrected chi connectivity index (χ2v) is 25.1. The topological polar surface area (TPSA) is 8.17 Å². The van der Waals surface area contributed by atoms with Crippen molar-refractivity contribution < 1.29 is 0 Å². The van der Waals surface area contributed by atoms with Gasteiger partial charge in [-0.25, -0.2) is 0 Å². The molecule has 0 radical (unpaired) electrons. The van der Waals surface area contributed by atoms with Gasteiger partial charge in [0.25, 0.3) is 0 Å². The maximum Gasteiger partial charge on any atom is 0.333 e. The van der Waals surface area contributed by atoms with E-state index >= 15 is 0 Å². The lowest BCUT2D eigenvalue weighted by Crippen LogP contribution is -2.61. The van der Waals surface area contributed by atoms with Crippen LogP contribution in [0.25, 0.3) is 69.9 Å². The molecule has 4 heterocycles. The molecule has 0 N–H and O–H groups in total. The molecule has 0 spiro atoms. The molecular weight excluding hydrogens is 804 g/mol. The molecule has 7 aromatic carbocycles. The molecule has 2 nitrogen and oxygen atoms in total. The normalized spacial score (nSPS) is 17.4. The number of hydrogen-bond donors (Lipinski definition) is 0. The minimum absolute atomic E-state index is 0.0303. The van der Waals surface area contributed by atoms with Gasteiger partial charge in [0.15, 0.2) is 0 Å². The van der Waals surface area contributed by atoms with Gasteiger partial charge in [-0.05, 0) is 144 Å². The van der Waals surface area contributed by atoms with E-state index in [9.17, 15) is 0 Å². The minimum Gasteiger partial charge on any atom is -0.376 e. The standard InChI is InChI=1S/C61H59BN2S/c1-57(2,3)34-21-24-36(25-22-34)64-48-33-50-39(37-17-14-16-20-49(37)65-50)30-40(48)53-54-51(38-18-13-15-19-42(38)61(54,11)12)52-41-31-43-44(60(9,10)28-27-59(43,7)8)32-47(41)63-46-26-23-35(58(4,5)6)29-45(46)62(64)55(53)56(52)63/h13-26,29-33H,27-28H2,1-12H3. The van der Waals surface area contributed by atoms with E-state index in [2.05, 4.69) is 208 Å². The molecule has 13 rings (SSSR count). The van der Waals surface area contributed by atoms with Crippen molar-refractivity contribution in [1.82, 2.24) is 4.57 Å². The molecule has 0 bridgehead atoms. The van der Waals surface area contributed by atoms with Gasteiger partial charge in [0.1, 0.15) is 0 Å². The third-order valence-corrected chi connectivity index (χ3v) is 17.8. The summed E-state index contributed by atoms with van der Waals surface area (Å²) in [5, 5.41) is 5.52. The highest BCUT2D eigenvalue weighted by molar-refractivity contribution is 7.25. The highest BCUT2D eigenvalue weighted by Crippen LogP contribution is 2.60. The summed E-state index contributed by atoms with van der Waals surface area (Å²) in [6.45, 7) is 29.0. The number of aromatic nitrogens is 1. The molecule has 322 valence electrons. The molecule has 0 unspecified atom stereocenters. The molecule has 0 saturated heterocycles. The van der Waals surface area contributed by atoms with Crippen molar-refractivity contribution in [2.45, 2.75) is 123 Å². The zero-order valence-electron chi connectivity index (χ0n) is 40.3. The van der Waals surface area contributed by atoms with Crippen LogP contribution in [-0.4, -0.2) is 11.4 Å². The number of benzene rings is 7. The Balaban J connectivity index is 1.29. The lowest BCUT2D eigenvalue weighted by Gasteiger charge is -2.44. The fourth-order valence-corrected chi connectivity index (χ4v) is 14.1. The second-order valence-electron chi connectivity index (χ2n) is 24.0. The molecule has 4 heteroatoms. The zero-order valence-corrected chi connectivity index (χ0v) is 41.1. The maximum atomic E-state index is 2.76. The molecule has 0 atom stereocenters. The Labute approximate surface area is 389 Å². The number of rotatable bonds is 1. The summed E-state index contributed by atoms with van der Waals surface area (Å²) in [5.41, 5.74) is 23.6. The first-order valence-electron chi connectivity index (χ1n) is 24.1. The third-order valence-electron chi connectivity index (χ3n) is 16.7. The van der Waals surface area contributed by atoms with E-state index in [4.69, 9.17) is 0 Å². The average molecular weight is 863 g/mol. The Bertz CT molecular complexity index is 3600. The van der Waals surface area contributed by atoms with Crippen LogP contribution in [0.5, 0.6) is 0 Å². The van der Waals surface area contributed by atoms with Crippen molar-refractivity contribution in [2.75, 3.05) is 4.81 Å². The van der Waals surface area contributed by atoms with Crippen LogP contribution in [0.4, 0.5) is 11.4 Å². The van der Waals surface area contributed by atoms with E-state index in [1.807, 2.05) is 11.3 Å². The van der Waals surface area contributed by atoms with Crippen molar-refractivity contribution in [1.29, 1.82) is 0 Å². The molecule has 0 saturated carbocycles. The van der Waals surface area contributed by atoms with Crippen molar-refractivity contribution in [3.8, 4) is 27.9 Å². The van der Waals surface area contributed by atoms with Gasteiger partial charge in [0.2, 0.25) is 0 Å². The Hall–Kier alpha value is -5.58. The van der Waals surface area contributed by atoms with Gasteiger partial charge in [0, 0.05) is 59.0 Å². The van der Waals surface area contributed by atoms with E-state index in [-0.39, 0.29) is 33.9 Å². The van der Waals surface area contributed by atoms with Crippen LogP contribution in [0.1, 0.15) is 129 Å². The molecule has 2 aromatic heterocycles. The first-order valence-corrected chi connectivity index (χ1v) is 24.9. The average Bonchev–Trinajstić information content (AvgIpc) is 3.88. The van der Waals surface area contributed by atoms with Crippen molar-refractivity contribution in [3.05, 3.63) is 149 Å². The SMILES string of the molecule is CC(C)(C)c1ccc(N2B3c4cc(C(C)(C)C)ccc4-n4c5cc6c(cc5c5c7c(c(c3c54)-c3cc4c(cc32)sc2ccccc24)C(C)(C)c2ccccc2-7)C(C)(C)CCC6(C)C)cc1. The van der Waals surface area contributed by atoms with E-state index in [0.717, 1.165) is 0 Å². The summed E-state index contributed by atoms with van der Waals surface area (Å²) in [6, 6.07) is 46.1. The molecular formula is C61H59BN2S. The van der Waals surface area contributed by atoms with Gasteiger partial charge in [-0.15, -0.1) is 11.3 Å². The number of nitrogens with zero attached hydrogens (tertiary/aromatic N) is 2. The lowest BCUT2D eigenvalue weighted by molar-refractivity contribution is 0.332. The predicted molar refractivity (Wildman–Crippen MR) is 283 cm³/mol. The van der Waals surface area contributed by atoms with E-state index in [1.54, 1.807) is 0 Å². The fourth-order valence-electron chi connectivity index (χ4n) is 13.0. The summed E-state index contributed by atoms with van der Waals surface area (Å²) in [7, 11) is 0. The number of hydrogen-bond acceptors (Lipinski definition) is 2. The molecule has 0 amide bonds. The van der Waals surface area contributed by atoms with Gasteiger partial charge in [-0.2, -0.15) is 0 Å². The smallest absolute Gasteiger partial charge is 0.333 e. The fraction of sp³-hybridized carbons (Fsp3) is 0.311. The zero-order chi connectivity index (χ0) is 45.1. The van der Waals surface area contributed by atoms with E-state index in [1.165, 1.54) is 138 Å². The van der Waals surface area contributed by atoms with Crippen LogP contribution < -0.4 is 15.7 Å². The Kier molecular flexibility index (Phi) is 7.61. The Morgan fingerprint density at radius 1 is 0.554 bits per heavy atom.